The number of hydrogen-bond donors (Lipinski definition) is 4. The molecular weight excluding hydrogens is 843 g/mol. The first-order valence-electron chi connectivity index (χ1n) is 22.7. The highest BCUT2D eigenvalue weighted by molar-refractivity contribution is 7.91. The van der Waals surface area contributed by atoms with E-state index in [9.17, 15) is 32.4 Å². The summed E-state index contributed by atoms with van der Waals surface area (Å²) in [6, 6.07) is 5.66. The molecule has 7 rings (SSSR count). The van der Waals surface area contributed by atoms with E-state index in [4.69, 9.17) is 15.5 Å². The summed E-state index contributed by atoms with van der Waals surface area (Å²) in [5, 5.41) is 5.59. The van der Waals surface area contributed by atoms with Crippen LogP contribution in [0.2, 0.25) is 0 Å². The number of carbonyl (C=O) groups excluding carboxylic acids is 4. The number of hydrogen-bond acceptors (Lipinski definition) is 10. The van der Waals surface area contributed by atoms with E-state index in [-0.39, 0.29) is 41.9 Å². The van der Waals surface area contributed by atoms with Gasteiger partial charge in [0.15, 0.2) is 0 Å². The van der Waals surface area contributed by atoms with E-state index in [1.807, 2.05) is 30.5 Å². The van der Waals surface area contributed by atoms with Gasteiger partial charge in [0.2, 0.25) is 27.7 Å². The van der Waals surface area contributed by atoms with E-state index < -0.39 is 38.4 Å². The number of alkyl carbamates (subject to hydrolysis) is 1. The average Bonchev–Trinajstić information content (AvgIpc) is 3.95. The van der Waals surface area contributed by atoms with E-state index in [0.717, 1.165) is 40.9 Å². The molecular formula is C46H69N7O8S2. The van der Waals surface area contributed by atoms with Crippen molar-refractivity contribution in [1.29, 1.82) is 0 Å². The third-order valence-corrected chi connectivity index (χ3v) is 15.2. The quantitative estimate of drug-likeness (QED) is 0.0915. The molecule has 17 heteroatoms. The van der Waals surface area contributed by atoms with Crippen LogP contribution in [-0.4, -0.2) is 81.1 Å². The number of unbranched alkanes of at least 4 members (excludes halogenated alkanes) is 3. The summed E-state index contributed by atoms with van der Waals surface area (Å²) in [6.45, 7) is 13.4. The maximum atomic E-state index is 12.3. The van der Waals surface area contributed by atoms with Crippen LogP contribution in [0, 0.1) is 11.8 Å². The number of primary amides is 1. The Morgan fingerprint density at radius 2 is 1.79 bits per heavy atom. The molecule has 1 aromatic carbocycles. The molecule has 3 aromatic rings. The van der Waals surface area contributed by atoms with E-state index in [1.165, 1.54) is 62.0 Å². The summed E-state index contributed by atoms with van der Waals surface area (Å²) in [7, 11) is -3.47. The second kappa shape index (κ2) is 21.4. The number of thiazole rings is 1. The Morgan fingerprint density at radius 1 is 1.08 bits per heavy atom. The lowest BCUT2D eigenvalue weighted by Crippen LogP contribution is -2.48. The van der Waals surface area contributed by atoms with Crippen molar-refractivity contribution < 1.29 is 32.3 Å². The summed E-state index contributed by atoms with van der Waals surface area (Å²) in [5.74, 6) is -0.452. The third kappa shape index (κ3) is 13.5. The minimum absolute atomic E-state index is 0.0449. The first-order chi connectivity index (χ1) is 29.7. The van der Waals surface area contributed by atoms with Crippen LogP contribution in [0.25, 0.3) is 21.6 Å². The predicted octanol–water partition coefficient (Wildman–Crippen LogP) is 7.83. The Hall–Kier alpha value is -4.51. The molecule has 1 aliphatic heterocycles. The molecule has 0 bridgehead atoms. The van der Waals surface area contributed by atoms with Gasteiger partial charge in [-0.1, -0.05) is 57.2 Å². The topological polar surface area (TPSA) is 216 Å². The largest absolute Gasteiger partial charge is 0.444 e. The molecule has 5 N–H and O–H groups in total. The number of allylic oxidation sites excluding steroid dienone is 2. The van der Waals surface area contributed by atoms with E-state index in [2.05, 4.69) is 45.5 Å². The summed E-state index contributed by atoms with van der Waals surface area (Å²) in [5.41, 5.74) is 8.70. The zero-order valence-corrected chi connectivity index (χ0v) is 39.8. The lowest BCUT2D eigenvalue weighted by atomic mass is 9.87. The van der Waals surface area contributed by atoms with Crippen LogP contribution < -0.4 is 21.5 Å². The van der Waals surface area contributed by atoms with Crippen molar-refractivity contribution in [2.75, 3.05) is 13.1 Å². The number of nitrogens with zero attached hydrogens (tertiary/aromatic N) is 3. The van der Waals surface area contributed by atoms with Crippen molar-refractivity contribution in [1.82, 2.24) is 29.5 Å². The minimum atomic E-state index is -3.47. The van der Waals surface area contributed by atoms with Crippen molar-refractivity contribution in [2.45, 2.75) is 167 Å². The van der Waals surface area contributed by atoms with Gasteiger partial charge in [-0.15, -0.1) is 11.3 Å². The molecule has 4 fully saturated rings. The van der Waals surface area contributed by atoms with Gasteiger partial charge in [0.05, 0.1) is 21.5 Å². The Balaban J connectivity index is 0.000000180. The Morgan fingerprint density at radius 3 is 2.43 bits per heavy atom. The Labute approximate surface area is 376 Å². The third-order valence-electron chi connectivity index (χ3n) is 12.1. The van der Waals surface area contributed by atoms with Crippen LogP contribution >= 0.6 is 11.3 Å². The predicted molar refractivity (Wildman–Crippen MR) is 248 cm³/mol. The summed E-state index contributed by atoms with van der Waals surface area (Å²) in [4.78, 5) is 68.0. The number of imidazole rings is 1. The van der Waals surface area contributed by atoms with Crippen molar-refractivity contribution in [3.63, 3.8) is 0 Å². The number of aromatic amines is 1. The summed E-state index contributed by atoms with van der Waals surface area (Å²) >= 11 is 1.69. The smallest absolute Gasteiger partial charge is 0.408 e. The number of fused-ring (bicyclic) bond motifs is 1. The normalized spacial score (nSPS) is 20.7. The summed E-state index contributed by atoms with van der Waals surface area (Å²) < 4.78 is 32.3. The van der Waals surface area contributed by atoms with Gasteiger partial charge >= 0.3 is 11.8 Å². The molecule has 0 spiro atoms. The number of amides is 4. The molecule has 15 nitrogen and oxygen atoms in total. The number of rotatable bonds is 14. The highest BCUT2D eigenvalue weighted by atomic mass is 32.2. The molecule has 3 unspecified atom stereocenters. The number of carbonyl (C=O) groups is 4. The van der Waals surface area contributed by atoms with Crippen LogP contribution in [0.5, 0.6) is 0 Å². The van der Waals surface area contributed by atoms with Gasteiger partial charge in [0.1, 0.15) is 23.2 Å². The van der Waals surface area contributed by atoms with Crippen LogP contribution in [0.3, 0.4) is 0 Å². The number of H-pyrrole nitrogens is 1. The van der Waals surface area contributed by atoms with Gasteiger partial charge < -0.3 is 25.7 Å². The zero-order valence-electron chi connectivity index (χ0n) is 38.2. The number of sulfonamides is 1. The fraction of sp³-hybridized carbons (Fsp3) is 0.652. The molecule has 0 radical (unpaired) electrons. The van der Waals surface area contributed by atoms with Gasteiger partial charge in [0.25, 0.3) is 0 Å². The number of nitrogens with two attached hydrogens (primary N) is 1. The molecule has 3 atom stereocenters. The molecule has 3 aliphatic carbocycles. The number of ether oxygens (including phenoxy) is 1. The summed E-state index contributed by atoms with van der Waals surface area (Å²) in [6.07, 6.45) is 18.1. The Kier molecular flexibility index (Phi) is 16.9. The van der Waals surface area contributed by atoms with Crippen molar-refractivity contribution >= 4 is 56.2 Å². The second-order valence-electron chi connectivity index (χ2n) is 18.9. The van der Waals surface area contributed by atoms with Crippen molar-refractivity contribution in [3.8, 4) is 10.6 Å². The highest BCUT2D eigenvalue weighted by Gasteiger charge is 2.52. The fourth-order valence-electron chi connectivity index (χ4n) is 8.05. The first-order valence-corrected chi connectivity index (χ1v) is 25.1. The SMILES string of the molecule is CC(C)(C)OC(=O)NCC(=O)N1CCCC1C(N)=O.CC(C)n1c(=O)[nH]c2c(-c3nc(C4CCCCC4)cs3)cccc21.CCCCC/C=C\C1CC1C(=O)NS(=O)(=O)C1(C)CC1. The van der Waals surface area contributed by atoms with Crippen LogP contribution in [0.4, 0.5) is 4.79 Å². The van der Waals surface area contributed by atoms with E-state index in [1.54, 1.807) is 39.0 Å². The van der Waals surface area contributed by atoms with Crippen molar-refractivity contribution in [2.24, 2.45) is 17.6 Å². The number of nitrogens with one attached hydrogen (secondary N) is 3. The second-order valence-corrected chi connectivity index (χ2v) is 21.9. The standard InChI is InChI=1S/C19H23N3OS.C15H25NO3S.C12H21N3O4/c1-12(2)22-16-10-6-9-14(17(16)21-19(22)23)18-20-15(11-24-18)13-7-4-3-5-8-13;1-3-4-5-6-7-8-12-11-13(12)14(17)16-20(18,19)15(2)9-10-15;1-12(2,3)19-11(18)14-7-9(16)15-6-4-5-8(15)10(13)17/h6,9-13H,3-5,7-8H2,1-2H3,(H,21,23);7-8,12-13H,3-6,9-11H2,1-2H3,(H,16,17);8H,4-7H2,1-3H3,(H2,13,17)(H,14,18)/b;8-7-;. The molecule has 348 valence electrons. The molecule has 3 saturated carbocycles. The van der Waals surface area contributed by atoms with E-state index in [0.29, 0.717) is 31.7 Å². The zero-order chi connectivity index (χ0) is 46.1. The molecule has 4 aliphatic rings. The number of likely N-dealkylation sites (tertiary alicyclic amines) is 1. The fourth-order valence-corrected chi connectivity index (χ4v) is 10.3. The van der Waals surface area contributed by atoms with Gasteiger partial charge in [-0.2, -0.15) is 0 Å². The van der Waals surface area contributed by atoms with Crippen LogP contribution in [-0.2, 0) is 29.1 Å². The van der Waals surface area contributed by atoms with Crippen molar-refractivity contribution in [3.05, 3.63) is 51.9 Å². The van der Waals surface area contributed by atoms with Crippen LogP contribution in [0.15, 0.2) is 40.5 Å². The molecule has 63 heavy (non-hydrogen) atoms. The average molecular weight is 912 g/mol. The van der Waals surface area contributed by atoms with E-state index >= 15 is 0 Å². The molecule has 4 amide bonds. The van der Waals surface area contributed by atoms with Gasteiger partial charge in [-0.3, -0.25) is 23.7 Å². The lowest BCUT2D eigenvalue weighted by Gasteiger charge is -2.23. The number of para-hydroxylation sites is 1. The first kappa shape index (κ1) is 49.5. The van der Waals surface area contributed by atoms with Gasteiger partial charge in [0, 0.05) is 35.4 Å². The Bertz CT molecular complexity index is 2260. The monoisotopic (exact) mass is 911 g/mol. The molecule has 2 aromatic heterocycles. The number of benzene rings is 1. The molecule has 3 heterocycles. The van der Waals surface area contributed by atoms with Crippen LogP contribution in [0.1, 0.15) is 156 Å². The maximum Gasteiger partial charge on any atom is 0.408 e. The highest BCUT2D eigenvalue weighted by Crippen LogP contribution is 2.44. The number of aromatic nitrogens is 3. The lowest BCUT2D eigenvalue weighted by molar-refractivity contribution is -0.136. The van der Waals surface area contributed by atoms with Gasteiger partial charge in [-0.05, 0) is 117 Å². The van der Waals surface area contributed by atoms with Gasteiger partial charge in [-0.25, -0.2) is 23.0 Å². The minimum Gasteiger partial charge on any atom is -0.444 e. The molecule has 1 saturated heterocycles. The maximum absolute atomic E-state index is 12.3.